The lowest BCUT2D eigenvalue weighted by atomic mass is 10.1. The predicted octanol–water partition coefficient (Wildman–Crippen LogP) is 8.10. The van der Waals surface area contributed by atoms with Gasteiger partial charge in [0.05, 0.1) is 26.4 Å². The van der Waals surface area contributed by atoms with Crippen LogP contribution in [0.15, 0.2) is 58.4 Å². The van der Waals surface area contributed by atoms with Crippen molar-refractivity contribution in [2.24, 2.45) is 0 Å². The summed E-state index contributed by atoms with van der Waals surface area (Å²) in [4.78, 5) is 33.7. The number of aromatic hydroxyl groups is 1. The summed E-state index contributed by atoms with van der Waals surface area (Å²) in [6.07, 6.45) is 4.02. The number of fused-ring (bicyclic) bond motifs is 2. The molecule has 0 bridgehead atoms. The Morgan fingerprint density at radius 1 is 0.709 bits per heavy atom. The summed E-state index contributed by atoms with van der Waals surface area (Å²) in [5, 5.41) is 10.9. The Morgan fingerprint density at radius 3 is 1.75 bits per heavy atom. The van der Waals surface area contributed by atoms with Crippen LogP contribution in [0, 0.1) is 6.92 Å². The monoisotopic (exact) mass is 828 g/mol. The zero-order valence-corrected chi connectivity index (χ0v) is 34.8. The van der Waals surface area contributed by atoms with Gasteiger partial charge in [-0.3, -0.25) is 0 Å². The molecule has 6 aromatic rings. The highest BCUT2D eigenvalue weighted by atomic mass is 79.9. The predicted molar refractivity (Wildman–Crippen MR) is 223 cm³/mol. The van der Waals surface area contributed by atoms with Crippen molar-refractivity contribution in [3.63, 3.8) is 0 Å². The van der Waals surface area contributed by atoms with Gasteiger partial charge in [-0.25, -0.2) is 19.9 Å². The quantitative estimate of drug-likeness (QED) is 0.112. The average Bonchev–Trinajstić information content (AvgIpc) is 3.77. The van der Waals surface area contributed by atoms with E-state index in [1.165, 1.54) is 5.56 Å². The lowest BCUT2D eigenvalue weighted by Gasteiger charge is -2.27. The number of aromatic nitrogens is 8. The molecule has 4 aromatic heterocycles. The summed E-state index contributed by atoms with van der Waals surface area (Å²) < 4.78 is 16.2. The zero-order chi connectivity index (χ0) is 38.6. The fourth-order valence-corrected chi connectivity index (χ4v) is 8.17. The summed E-state index contributed by atoms with van der Waals surface area (Å²) in [6, 6.07) is 16.1. The minimum absolute atomic E-state index is 0.212. The molecule has 2 unspecified atom stereocenters. The average molecular weight is 830 g/mol. The van der Waals surface area contributed by atoms with Crippen molar-refractivity contribution in [3.05, 3.63) is 58.8 Å². The normalized spacial score (nSPS) is 16.0. The molecule has 2 aromatic carbocycles. The number of anilines is 2. The Kier molecular flexibility index (Phi) is 12.2. The molecule has 15 heteroatoms. The first-order chi connectivity index (χ1) is 26.7. The Balaban J connectivity index is 0.000000169. The van der Waals surface area contributed by atoms with Gasteiger partial charge in [0.15, 0.2) is 21.2 Å². The number of morpholine rings is 2. The van der Waals surface area contributed by atoms with Crippen LogP contribution in [0.3, 0.4) is 0 Å². The van der Waals surface area contributed by atoms with E-state index in [1.807, 2.05) is 18.4 Å². The van der Waals surface area contributed by atoms with Gasteiger partial charge in [-0.1, -0.05) is 61.5 Å². The van der Waals surface area contributed by atoms with E-state index in [1.54, 1.807) is 23.9 Å². The number of rotatable bonds is 9. The topological polar surface area (TPSA) is 132 Å². The zero-order valence-electron chi connectivity index (χ0n) is 32.4. The third kappa shape index (κ3) is 8.16. The van der Waals surface area contributed by atoms with Gasteiger partial charge in [-0.2, -0.15) is 9.97 Å². The number of halogens is 1. The van der Waals surface area contributed by atoms with E-state index in [9.17, 15) is 5.11 Å². The Labute approximate surface area is 334 Å². The summed E-state index contributed by atoms with van der Waals surface area (Å²) in [6.45, 7) is 16.7. The number of hydrogen-bond donors (Lipinski definition) is 1. The maximum absolute atomic E-state index is 10.00. The standard InChI is InChI=1S/C20H24BrN5O.C20H25N5O2S/c1-4-14(3)26-18-17(22-19(26)21)16(15-7-5-6-13(2)12-15)23-20(24-18)25-8-10-27-11-9-25;1-4-13(2)25-18-17(22-20(25)28-3)16(14-6-5-7-15(26)12-14)21-19(23-18)24-8-10-27-11-9-24/h5-7,12,14H,4,8-11H2,1-3H3;5-7,12-13,26H,4,8-11H2,1-3H3. The van der Waals surface area contributed by atoms with E-state index >= 15 is 0 Å². The molecule has 8 rings (SSSR count). The van der Waals surface area contributed by atoms with Crippen molar-refractivity contribution in [2.45, 2.75) is 64.7 Å². The molecule has 2 atom stereocenters. The van der Waals surface area contributed by atoms with Gasteiger partial charge in [0.25, 0.3) is 0 Å². The van der Waals surface area contributed by atoms with Crippen LogP contribution in [0.4, 0.5) is 11.9 Å². The Morgan fingerprint density at radius 2 is 1.22 bits per heavy atom. The molecular weight excluding hydrogens is 780 g/mol. The second-order valence-corrected chi connectivity index (χ2v) is 15.4. The second-order valence-electron chi connectivity index (χ2n) is 13.9. The molecule has 0 radical (unpaired) electrons. The van der Waals surface area contributed by atoms with Crippen molar-refractivity contribution in [1.82, 2.24) is 39.0 Å². The van der Waals surface area contributed by atoms with E-state index in [0.717, 1.165) is 99.7 Å². The van der Waals surface area contributed by atoms with Gasteiger partial charge in [0.1, 0.15) is 28.2 Å². The third-order valence-corrected chi connectivity index (χ3v) is 11.4. The molecule has 6 heterocycles. The summed E-state index contributed by atoms with van der Waals surface area (Å²) in [5.41, 5.74) is 8.07. The molecule has 0 spiro atoms. The molecule has 2 aliphatic heterocycles. The molecule has 13 nitrogen and oxygen atoms in total. The fraction of sp³-hybridized carbons (Fsp3) is 0.450. The van der Waals surface area contributed by atoms with Crippen molar-refractivity contribution in [1.29, 1.82) is 0 Å². The lowest BCUT2D eigenvalue weighted by molar-refractivity contribution is 0.122. The van der Waals surface area contributed by atoms with Crippen LogP contribution in [0.5, 0.6) is 5.75 Å². The van der Waals surface area contributed by atoms with Crippen LogP contribution in [0.1, 0.15) is 58.2 Å². The Bertz CT molecular complexity index is 2270. The Hall–Kier alpha value is -4.31. The van der Waals surface area contributed by atoms with Crippen LogP contribution >= 0.6 is 27.7 Å². The van der Waals surface area contributed by atoms with Crippen LogP contribution in [-0.4, -0.2) is 103 Å². The molecule has 55 heavy (non-hydrogen) atoms. The first kappa shape index (κ1) is 38.9. The smallest absolute Gasteiger partial charge is 0.228 e. The molecule has 1 N–H and O–H groups in total. The SMILES string of the molecule is CCC(C)n1c(Br)nc2c(-c3cccc(C)c3)nc(N3CCOCC3)nc21.CCC(C)n1c(SC)nc2c(-c3cccc(O)c3)nc(N3CCOCC3)nc21. The number of ether oxygens (including phenoxy) is 2. The molecule has 0 saturated carbocycles. The van der Waals surface area contributed by atoms with Gasteiger partial charge in [0.2, 0.25) is 11.9 Å². The number of benzene rings is 2. The highest BCUT2D eigenvalue weighted by molar-refractivity contribution is 9.10. The molecule has 0 aliphatic carbocycles. The number of hydrogen-bond acceptors (Lipinski definition) is 12. The summed E-state index contributed by atoms with van der Waals surface area (Å²) in [7, 11) is 0. The molecule has 0 amide bonds. The van der Waals surface area contributed by atoms with Crippen molar-refractivity contribution >= 4 is 61.9 Å². The lowest BCUT2D eigenvalue weighted by Crippen LogP contribution is -2.37. The number of phenols is 1. The molecule has 2 fully saturated rings. The van der Waals surface area contributed by atoms with Crippen LogP contribution in [0.2, 0.25) is 0 Å². The van der Waals surface area contributed by atoms with E-state index in [4.69, 9.17) is 39.4 Å². The van der Waals surface area contributed by atoms with Gasteiger partial charge >= 0.3 is 0 Å². The maximum Gasteiger partial charge on any atom is 0.228 e. The van der Waals surface area contributed by atoms with Gasteiger partial charge in [-0.15, -0.1) is 0 Å². The minimum atomic E-state index is 0.212. The van der Waals surface area contributed by atoms with Crippen LogP contribution < -0.4 is 9.80 Å². The highest BCUT2D eigenvalue weighted by Crippen LogP contribution is 2.36. The summed E-state index contributed by atoms with van der Waals surface area (Å²) >= 11 is 5.26. The van der Waals surface area contributed by atoms with E-state index in [0.29, 0.717) is 38.4 Å². The first-order valence-electron chi connectivity index (χ1n) is 19.0. The second kappa shape index (κ2) is 17.2. The number of imidazole rings is 2. The third-order valence-electron chi connectivity index (χ3n) is 10.2. The number of phenolic OH excluding ortho intramolecular Hbond substituents is 1. The van der Waals surface area contributed by atoms with Crippen molar-refractivity contribution in [2.75, 3.05) is 68.7 Å². The summed E-state index contributed by atoms with van der Waals surface area (Å²) in [5.74, 6) is 1.65. The largest absolute Gasteiger partial charge is 0.508 e. The minimum Gasteiger partial charge on any atom is -0.508 e. The highest BCUT2D eigenvalue weighted by Gasteiger charge is 2.25. The molecular formula is C40H49BrN10O3S. The van der Waals surface area contributed by atoms with Crippen LogP contribution in [0.25, 0.3) is 44.8 Å². The maximum atomic E-state index is 10.00. The van der Waals surface area contributed by atoms with E-state index < -0.39 is 0 Å². The molecule has 2 saturated heterocycles. The van der Waals surface area contributed by atoms with Crippen molar-refractivity contribution < 1.29 is 14.6 Å². The van der Waals surface area contributed by atoms with Gasteiger partial charge < -0.3 is 33.5 Å². The number of aryl methyl sites for hydroxylation is 1. The van der Waals surface area contributed by atoms with E-state index in [-0.39, 0.29) is 11.8 Å². The van der Waals surface area contributed by atoms with Gasteiger partial charge in [-0.05, 0) is 74.0 Å². The van der Waals surface area contributed by atoms with Gasteiger partial charge in [0, 0.05) is 49.4 Å². The van der Waals surface area contributed by atoms with E-state index in [2.05, 4.69) is 93.7 Å². The number of nitrogens with zero attached hydrogens (tertiary/aromatic N) is 10. The number of thioether (sulfide) groups is 1. The van der Waals surface area contributed by atoms with Crippen LogP contribution in [-0.2, 0) is 9.47 Å². The first-order valence-corrected chi connectivity index (χ1v) is 21.0. The van der Waals surface area contributed by atoms with Crippen molar-refractivity contribution in [3.8, 4) is 28.3 Å². The fourth-order valence-electron chi connectivity index (χ4n) is 6.83. The molecule has 2 aliphatic rings. The molecule has 290 valence electrons.